The summed E-state index contributed by atoms with van der Waals surface area (Å²) in [5.74, 6) is 0.528. The lowest BCUT2D eigenvalue weighted by Crippen LogP contribution is -2.19. The summed E-state index contributed by atoms with van der Waals surface area (Å²) in [5.41, 5.74) is 2.84. The predicted octanol–water partition coefficient (Wildman–Crippen LogP) is 1.51. The second-order valence-corrected chi connectivity index (χ2v) is 4.05. The molecule has 1 aliphatic carbocycles. The van der Waals surface area contributed by atoms with Crippen molar-refractivity contribution >= 4 is 23.9 Å². The third-order valence-corrected chi connectivity index (χ3v) is 3.01. The predicted molar refractivity (Wildman–Crippen MR) is 66.3 cm³/mol. The summed E-state index contributed by atoms with van der Waals surface area (Å²) in [6.07, 6.45) is 7.47. The van der Waals surface area contributed by atoms with Crippen LogP contribution in [0.5, 0.6) is 0 Å². The number of carbonyl (C=O) groups excluding carboxylic acids is 1. The fourth-order valence-electron chi connectivity index (χ4n) is 2.18. The van der Waals surface area contributed by atoms with Crippen molar-refractivity contribution in [3.05, 3.63) is 35.7 Å². The number of amidine groups is 1. The van der Waals surface area contributed by atoms with E-state index >= 15 is 0 Å². The Morgan fingerprint density at radius 1 is 1.41 bits per heavy atom. The van der Waals surface area contributed by atoms with Gasteiger partial charge in [-0.2, -0.15) is 0 Å². The molecular weight excluding hydrogens is 214 g/mol. The maximum Gasteiger partial charge on any atom is 0.188 e. The molecular formula is C13H11N3O. The van der Waals surface area contributed by atoms with Crippen molar-refractivity contribution in [3.63, 3.8) is 0 Å². The zero-order valence-corrected chi connectivity index (χ0v) is 9.21. The Labute approximate surface area is 98.8 Å². The highest BCUT2D eigenvalue weighted by Gasteiger charge is 2.23. The highest BCUT2D eigenvalue weighted by atomic mass is 16.1. The molecule has 0 N–H and O–H groups in total. The van der Waals surface area contributed by atoms with E-state index in [1.54, 1.807) is 6.20 Å². The quantitative estimate of drug-likeness (QED) is 0.680. The Morgan fingerprint density at radius 2 is 2.35 bits per heavy atom. The van der Waals surface area contributed by atoms with Gasteiger partial charge in [0.15, 0.2) is 12.1 Å². The van der Waals surface area contributed by atoms with E-state index in [1.807, 2.05) is 18.2 Å². The number of fused-ring (bicyclic) bond motifs is 3. The maximum absolute atomic E-state index is 10.8. The monoisotopic (exact) mass is 225 g/mol. The molecule has 4 heteroatoms. The summed E-state index contributed by atoms with van der Waals surface area (Å²) >= 11 is 0. The van der Waals surface area contributed by atoms with Crippen LogP contribution in [0.15, 0.2) is 34.4 Å². The number of carbonyl (C=O) groups is 1. The van der Waals surface area contributed by atoms with E-state index in [2.05, 4.69) is 21.0 Å². The summed E-state index contributed by atoms with van der Waals surface area (Å²) in [6, 6.07) is 3.88. The maximum atomic E-state index is 10.8. The van der Waals surface area contributed by atoms with Crippen molar-refractivity contribution in [3.8, 4) is 0 Å². The molecule has 0 spiro atoms. The van der Waals surface area contributed by atoms with Gasteiger partial charge < -0.3 is 0 Å². The number of allylic oxidation sites excluding steroid dienone is 1. The van der Waals surface area contributed by atoms with Crippen LogP contribution in [-0.2, 0) is 4.79 Å². The van der Waals surface area contributed by atoms with E-state index in [4.69, 9.17) is 0 Å². The van der Waals surface area contributed by atoms with E-state index in [0.717, 1.165) is 23.4 Å². The van der Waals surface area contributed by atoms with Crippen molar-refractivity contribution in [1.29, 1.82) is 0 Å². The molecule has 1 aliphatic heterocycles. The van der Waals surface area contributed by atoms with E-state index in [9.17, 15) is 4.79 Å². The molecule has 0 fully saturated rings. The Balaban J connectivity index is 2.15. The summed E-state index contributed by atoms with van der Waals surface area (Å²) in [7, 11) is 0. The average Bonchev–Trinajstić information content (AvgIpc) is 2.60. The van der Waals surface area contributed by atoms with Gasteiger partial charge in [-0.05, 0) is 24.6 Å². The zero-order chi connectivity index (χ0) is 11.7. The molecule has 0 radical (unpaired) electrons. The van der Waals surface area contributed by atoms with Gasteiger partial charge in [-0.1, -0.05) is 6.08 Å². The van der Waals surface area contributed by atoms with Gasteiger partial charge in [0.25, 0.3) is 0 Å². The van der Waals surface area contributed by atoms with E-state index in [-0.39, 0.29) is 11.8 Å². The zero-order valence-electron chi connectivity index (χ0n) is 9.21. The largest absolute Gasteiger partial charge is 0.294 e. The third kappa shape index (κ3) is 1.71. The lowest BCUT2D eigenvalue weighted by Gasteiger charge is -2.19. The fourth-order valence-corrected chi connectivity index (χ4v) is 2.18. The molecule has 4 nitrogen and oxygen atoms in total. The molecule has 1 unspecified atom stereocenters. The van der Waals surface area contributed by atoms with Gasteiger partial charge in [-0.3, -0.25) is 14.8 Å². The Hall–Kier alpha value is -2.10. The first-order chi connectivity index (χ1) is 8.38. The molecule has 0 saturated heterocycles. The van der Waals surface area contributed by atoms with Crippen LogP contribution in [0, 0.1) is 5.92 Å². The minimum Gasteiger partial charge on any atom is -0.294 e. The molecule has 2 heterocycles. The summed E-state index contributed by atoms with van der Waals surface area (Å²) in [4.78, 5) is 23.6. The molecule has 0 saturated carbocycles. The molecule has 1 aromatic rings. The smallest absolute Gasteiger partial charge is 0.188 e. The molecule has 2 aliphatic rings. The normalized spacial score (nSPS) is 21.8. The highest BCUT2D eigenvalue weighted by molar-refractivity contribution is 6.31. The van der Waals surface area contributed by atoms with Crippen molar-refractivity contribution in [2.24, 2.45) is 15.9 Å². The number of aldehydes is 1. The number of nitrogens with zero attached hydrogens (tertiary/aromatic N) is 3. The minimum atomic E-state index is 0.243. The topological polar surface area (TPSA) is 54.7 Å². The van der Waals surface area contributed by atoms with E-state index in [0.29, 0.717) is 12.8 Å². The number of aliphatic imine (C=N–C) groups is 2. The molecule has 17 heavy (non-hydrogen) atoms. The summed E-state index contributed by atoms with van der Waals surface area (Å²) < 4.78 is 0. The van der Waals surface area contributed by atoms with Crippen molar-refractivity contribution < 1.29 is 4.79 Å². The van der Waals surface area contributed by atoms with Gasteiger partial charge >= 0.3 is 0 Å². The van der Waals surface area contributed by atoms with Crippen molar-refractivity contribution in [1.82, 2.24) is 4.98 Å². The van der Waals surface area contributed by atoms with E-state index in [1.165, 1.54) is 0 Å². The first-order valence-corrected chi connectivity index (χ1v) is 5.60. The van der Waals surface area contributed by atoms with Crippen LogP contribution in [0.25, 0.3) is 6.08 Å². The van der Waals surface area contributed by atoms with Crippen LogP contribution in [0.3, 0.4) is 0 Å². The van der Waals surface area contributed by atoms with Gasteiger partial charge in [0.2, 0.25) is 0 Å². The Morgan fingerprint density at radius 3 is 3.24 bits per heavy atom. The fraction of sp³-hybridized carbons (Fsp3) is 0.231. The van der Waals surface area contributed by atoms with Crippen molar-refractivity contribution in [2.75, 3.05) is 6.54 Å². The summed E-state index contributed by atoms with van der Waals surface area (Å²) in [5, 5.41) is 0. The highest BCUT2D eigenvalue weighted by Crippen LogP contribution is 2.25. The van der Waals surface area contributed by atoms with Gasteiger partial charge in [0, 0.05) is 24.2 Å². The Bertz CT molecular complexity index is 558. The van der Waals surface area contributed by atoms with Crippen LogP contribution in [0.2, 0.25) is 0 Å². The lowest BCUT2D eigenvalue weighted by atomic mass is 9.88. The number of pyridine rings is 1. The standard InChI is InChI=1S/C13H11N3O/c17-8-12-15-7-5-9-3-4-11-10(13(9)16-12)2-1-6-14-11/h1-4,6,8-9H,5,7H2. The molecule has 1 aromatic heterocycles. The van der Waals surface area contributed by atoms with Crippen LogP contribution in [0.1, 0.15) is 17.7 Å². The molecule has 1 atom stereocenters. The minimum absolute atomic E-state index is 0.243. The second kappa shape index (κ2) is 4.05. The first-order valence-electron chi connectivity index (χ1n) is 5.60. The van der Waals surface area contributed by atoms with Crippen LogP contribution in [-0.4, -0.2) is 29.4 Å². The average molecular weight is 225 g/mol. The lowest BCUT2D eigenvalue weighted by molar-refractivity contribution is -0.102. The number of hydrogen-bond donors (Lipinski definition) is 0. The molecule has 3 rings (SSSR count). The van der Waals surface area contributed by atoms with Crippen LogP contribution in [0.4, 0.5) is 0 Å². The molecule has 0 bridgehead atoms. The molecule has 84 valence electrons. The number of rotatable bonds is 1. The van der Waals surface area contributed by atoms with E-state index < -0.39 is 0 Å². The van der Waals surface area contributed by atoms with Crippen LogP contribution >= 0.6 is 0 Å². The molecule has 0 amide bonds. The van der Waals surface area contributed by atoms with Gasteiger partial charge in [-0.15, -0.1) is 0 Å². The van der Waals surface area contributed by atoms with Gasteiger partial charge in [0.05, 0.1) is 11.4 Å². The third-order valence-electron chi connectivity index (χ3n) is 3.01. The van der Waals surface area contributed by atoms with Crippen LogP contribution < -0.4 is 0 Å². The summed E-state index contributed by atoms with van der Waals surface area (Å²) in [6.45, 7) is 0.645. The first kappa shape index (κ1) is 10.1. The molecule has 0 aromatic carbocycles. The number of hydrogen-bond acceptors (Lipinski definition) is 4. The van der Waals surface area contributed by atoms with Crippen molar-refractivity contribution in [2.45, 2.75) is 6.42 Å². The van der Waals surface area contributed by atoms with Gasteiger partial charge in [-0.25, -0.2) is 4.99 Å². The second-order valence-electron chi connectivity index (χ2n) is 4.05. The Kier molecular flexibility index (Phi) is 2.40. The van der Waals surface area contributed by atoms with Gasteiger partial charge in [0.1, 0.15) is 0 Å². The SMILES string of the molecule is O=CC1=NCCC2C=Cc3ncccc3C2=N1. The number of aromatic nitrogens is 1.